The lowest BCUT2D eigenvalue weighted by molar-refractivity contribution is 0.346. The molecule has 17 heavy (non-hydrogen) atoms. The molecular formula is C12H17N5. The zero-order valence-corrected chi connectivity index (χ0v) is 10.1. The number of nitriles is 1. The Morgan fingerprint density at radius 3 is 2.76 bits per heavy atom. The maximum atomic E-state index is 8.96. The Morgan fingerprint density at radius 1 is 1.35 bits per heavy atom. The van der Waals surface area contributed by atoms with Crippen LogP contribution in [-0.2, 0) is 0 Å². The molecule has 0 aromatic carbocycles. The van der Waals surface area contributed by atoms with Crippen molar-refractivity contribution < 1.29 is 0 Å². The van der Waals surface area contributed by atoms with E-state index in [1.54, 1.807) is 12.4 Å². The van der Waals surface area contributed by atoms with Crippen molar-refractivity contribution in [2.24, 2.45) is 0 Å². The quantitative estimate of drug-likeness (QED) is 0.770. The van der Waals surface area contributed by atoms with E-state index >= 15 is 0 Å². The van der Waals surface area contributed by atoms with Crippen molar-refractivity contribution in [1.29, 1.82) is 5.26 Å². The fourth-order valence-corrected chi connectivity index (χ4v) is 2.09. The first-order valence-corrected chi connectivity index (χ1v) is 5.96. The Morgan fingerprint density at radius 2 is 2.06 bits per heavy atom. The third-order valence-corrected chi connectivity index (χ3v) is 3.10. The zero-order valence-electron chi connectivity index (χ0n) is 10.1. The second-order valence-corrected chi connectivity index (χ2v) is 4.31. The largest absolute Gasteiger partial charge is 0.356 e. The van der Waals surface area contributed by atoms with Gasteiger partial charge in [0.05, 0.1) is 0 Å². The maximum Gasteiger partial charge on any atom is 0.183 e. The lowest BCUT2D eigenvalue weighted by atomic mass is 10.4. The number of rotatable bonds is 4. The van der Waals surface area contributed by atoms with Gasteiger partial charge in [-0.2, -0.15) is 5.26 Å². The molecule has 1 saturated heterocycles. The van der Waals surface area contributed by atoms with E-state index in [-0.39, 0.29) is 0 Å². The van der Waals surface area contributed by atoms with Crippen molar-refractivity contribution in [1.82, 2.24) is 14.9 Å². The highest BCUT2D eigenvalue weighted by Gasteiger charge is 2.14. The van der Waals surface area contributed by atoms with Crippen LogP contribution in [0.25, 0.3) is 0 Å². The number of hydrogen-bond donors (Lipinski definition) is 0. The molecule has 1 aromatic heterocycles. The zero-order chi connectivity index (χ0) is 12.1. The molecule has 2 heterocycles. The molecule has 1 fully saturated rings. The number of hydrogen-bond acceptors (Lipinski definition) is 5. The van der Waals surface area contributed by atoms with Crippen LogP contribution in [0.2, 0.25) is 0 Å². The predicted octanol–water partition coefficient (Wildman–Crippen LogP) is 0.880. The fraction of sp³-hybridized carbons (Fsp3) is 0.583. The Hall–Kier alpha value is -1.67. The molecule has 1 aliphatic rings. The van der Waals surface area contributed by atoms with Gasteiger partial charge in [0.2, 0.25) is 0 Å². The van der Waals surface area contributed by atoms with Gasteiger partial charge in [0, 0.05) is 32.5 Å². The average Bonchev–Trinajstić information content (AvgIpc) is 2.89. The van der Waals surface area contributed by atoms with E-state index in [0.717, 1.165) is 13.1 Å². The molecular weight excluding hydrogens is 214 g/mol. The first kappa shape index (κ1) is 11.8. The Labute approximate surface area is 102 Å². The maximum absolute atomic E-state index is 8.96. The van der Waals surface area contributed by atoms with Gasteiger partial charge in [-0.05, 0) is 25.9 Å². The van der Waals surface area contributed by atoms with Gasteiger partial charge in [-0.1, -0.05) is 0 Å². The molecule has 5 nitrogen and oxygen atoms in total. The number of likely N-dealkylation sites (tertiary alicyclic amines) is 1. The summed E-state index contributed by atoms with van der Waals surface area (Å²) in [6.07, 6.45) is 5.79. The van der Waals surface area contributed by atoms with Crippen LogP contribution in [0.1, 0.15) is 18.5 Å². The summed E-state index contributed by atoms with van der Waals surface area (Å²) in [5.41, 5.74) is 0.399. The number of likely N-dealkylation sites (N-methyl/N-ethyl adjacent to an activating group) is 1. The summed E-state index contributed by atoms with van der Waals surface area (Å²) in [5, 5.41) is 8.96. The smallest absolute Gasteiger partial charge is 0.183 e. The first-order valence-electron chi connectivity index (χ1n) is 5.96. The lowest BCUT2D eigenvalue weighted by Crippen LogP contribution is -2.32. The van der Waals surface area contributed by atoms with Crippen molar-refractivity contribution in [3.63, 3.8) is 0 Å². The van der Waals surface area contributed by atoms with Gasteiger partial charge in [0.15, 0.2) is 11.5 Å². The molecule has 0 N–H and O–H groups in total. The van der Waals surface area contributed by atoms with Gasteiger partial charge in [-0.3, -0.25) is 0 Å². The van der Waals surface area contributed by atoms with Crippen molar-refractivity contribution in [3.05, 3.63) is 18.1 Å². The molecule has 1 aliphatic heterocycles. The van der Waals surface area contributed by atoms with Crippen molar-refractivity contribution in [2.75, 3.05) is 38.1 Å². The monoisotopic (exact) mass is 231 g/mol. The average molecular weight is 231 g/mol. The van der Waals surface area contributed by atoms with Crippen LogP contribution < -0.4 is 4.90 Å². The van der Waals surface area contributed by atoms with Crippen LogP contribution in [0.4, 0.5) is 5.82 Å². The van der Waals surface area contributed by atoms with Gasteiger partial charge in [-0.15, -0.1) is 0 Å². The third kappa shape index (κ3) is 2.92. The van der Waals surface area contributed by atoms with Gasteiger partial charge >= 0.3 is 0 Å². The molecule has 5 heteroatoms. The summed E-state index contributed by atoms with van der Waals surface area (Å²) in [5.74, 6) is 0.675. The summed E-state index contributed by atoms with van der Waals surface area (Å²) in [7, 11) is 1.96. The standard InChI is InChI=1S/C12H17N5/c1-16(8-9-17-6-2-3-7-17)12-11(10-13)14-4-5-15-12/h4-5H,2-3,6-9H2,1H3. The highest BCUT2D eigenvalue weighted by molar-refractivity contribution is 5.48. The van der Waals surface area contributed by atoms with E-state index in [1.807, 2.05) is 11.9 Å². The minimum Gasteiger partial charge on any atom is -0.356 e. The molecule has 0 atom stereocenters. The molecule has 0 unspecified atom stereocenters. The lowest BCUT2D eigenvalue weighted by Gasteiger charge is -2.22. The van der Waals surface area contributed by atoms with Gasteiger partial charge < -0.3 is 9.80 Å². The predicted molar refractivity (Wildman–Crippen MR) is 65.7 cm³/mol. The van der Waals surface area contributed by atoms with Crippen molar-refractivity contribution >= 4 is 5.82 Å². The minimum atomic E-state index is 0.399. The summed E-state index contributed by atoms with van der Waals surface area (Å²) in [6, 6.07) is 2.08. The molecule has 0 aliphatic carbocycles. The van der Waals surface area contributed by atoms with E-state index in [2.05, 4.69) is 20.9 Å². The van der Waals surface area contributed by atoms with Crippen LogP contribution in [0.5, 0.6) is 0 Å². The van der Waals surface area contributed by atoms with E-state index in [1.165, 1.54) is 25.9 Å². The Balaban J connectivity index is 1.94. The second kappa shape index (κ2) is 5.60. The summed E-state index contributed by atoms with van der Waals surface area (Å²) in [4.78, 5) is 12.7. The molecule has 0 amide bonds. The molecule has 0 radical (unpaired) electrons. The number of anilines is 1. The molecule has 0 spiro atoms. The molecule has 0 bridgehead atoms. The second-order valence-electron chi connectivity index (χ2n) is 4.31. The topological polar surface area (TPSA) is 56.1 Å². The summed E-state index contributed by atoms with van der Waals surface area (Å²) >= 11 is 0. The summed E-state index contributed by atoms with van der Waals surface area (Å²) in [6.45, 7) is 4.30. The van der Waals surface area contributed by atoms with Gasteiger partial charge in [0.1, 0.15) is 6.07 Å². The van der Waals surface area contributed by atoms with Crippen LogP contribution in [0.3, 0.4) is 0 Å². The van der Waals surface area contributed by atoms with E-state index in [9.17, 15) is 0 Å². The SMILES string of the molecule is CN(CCN1CCCC1)c1nccnc1C#N. The van der Waals surface area contributed by atoms with Gasteiger partial charge in [0.25, 0.3) is 0 Å². The highest BCUT2D eigenvalue weighted by atomic mass is 15.2. The van der Waals surface area contributed by atoms with E-state index in [0.29, 0.717) is 11.5 Å². The number of nitrogens with zero attached hydrogens (tertiary/aromatic N) is 5. The molecule has 1 aromatic rings. The van der Waals surface area contributed by atoms with Crippen molar-refractivity contribution in [2.45, 2.75) is 12.8 Å². The molecule has 2 rings (SSSR count). The summed E-state index contributed by atoms with van der Waals surface area (Å²) < 4.78 is 0. The molecule has 90 valence electrons. The van der Waals surface area contributed by atoms with Crippen molar-refractivity contribution in [3.8, 4) is 6.07 Å². The van der Waals surface area contributed by atoms with Crippen LogP contribution in [0, 0.1) is 11.3 Å². The minimum absolute atomic E-state index is 0.399. The van der Waals surface area contributed by atoms with E-state index in [4.69, 9.17) is 5.26 Å². The van der Waals surface area contributed by atoms with Crippen LogP contribution in [-0.4, -0.2) is 48.1 Å². The van der Waals surface area contributed by atoms with Gasteiger partial charge in [-0.25, -0.2) is 9.97 Å². The fourth-order valence-electron chi connectivity index (χ4n) is 2.09. The first-order chi connectivity index (χ1) is 8.31. The Bertz CT molecular complexity index is 406. The van der Waals surface area contributed by atoms with Crippen LogP contribution in [0.15, 0.2) is 12.4 Å². The highest BCUT2D eigenvalue weighted by Crippen LogP contribution is 2.12. The molecule has 0 saturated carbocycles. The Kier molecular flexibility index (Phi) is 3.89. The van der Waals surface area contributed by atoms with E-state index < -0.39 is 0 Å². The third-order valence-electron chi connectivity index (χ3n) is 3.10. The normalized spacial score (nSPS) is 15.8. The van der Waals surface area contributed by atoms with Crippen LogP contribution >= 0.6 is 0 Å². The number of aromatic nitrogens is 2.